The van der Waals surface area contributed by atoms with E-state index in [-0.39, 0.29) is 5.41 Å². The van der Waals surface area contributed by atoms with Crippen molar-refractivity contribution in [2.24, 2.45) is 11.3 Å². The third-order valence-corrected chi connectivity index (χ3v) is 3.83. The van der Waals surface area contributed by atoms with Crippen LogP contribution in [0.2, 0.25) is 0 Å². The second-order valence-corrected chi connectivity index (χ2v) is 6.83. The van der Waals surface area contributed by atoms with Crippen molar-refractivity contribution in [2.75, 3.05) is 11.5 Å². The second kappa shape index (κ2) is 7.00. The summed E-state index contributed by atoms with van der Waals surface area (Å²) in [6.07, 6.45) is 2.77. The zero-order chi connectivity index (χ0) is 11.9. The van der Waals surface area contributed by atoms with Gasteiger partial charge in [0.1, 0.15) is 0 Å². The van der Waals surface area contributed by atoms with Gasteiger partial charge >= 0.3 is 0 Å². The van der Waals surface area contributed by atoms with Crippen molar-refractivity contribution in [3.63, 3.8) is 0 Å². The Morgan fingerprint density at radius 3 is 2.40 bits per heavy atom. The van der Waals surface area contributed by atoms with E-state index >= 15 is 0 Å². The van der Waals surface area contributed by atoms with Crippen LogP contribution in [-0.2, 0) is 10.8 Å². The first-order chi connectivity index (χ1) is 6.87. The summed E-state index contributed by atoms with van der Waals surface area (Å²) in [5.41, 5.74) is -0.262. The van der Waals surface area contributed by atoms with Gasteiger partial charge in [0, 0.05) is 22.3 Å². The van der Waals surface area contributed by atoms with Crippen LogP contribution in [0.4, 0.5) is 0 Å². The lowest BCUT2D eigenvalue weighted by molar-refractivity contribution is 0.446. The molecular formula is C12H23NOS. The highest BCUT2D eigenvalue weighted by molar-refractivity contribution is 7.84. The molecule has 0 aliphatic rings. The molecule has 0 bridgehead atoms. The van der Waals surface area contributed by atoms with Crippen molar-refractivity contribution in [2.45, 2.75) is 47.0 Å². The molecule has 0 rings (SSSR count). The summed E-state index contributed by atoms with van der Waals surface area (Å²) in [7, 11) is -0.687. The van der Waals surface area contributed by atoms with E-state index in [0.29, 0.717) is 5.92 Å². The zero-order valence-corrected chi connectivity index (χ0v) is 11.2. The second-order valence-electron chi connectivity index (χ2n) is 5.13. The van der Waals surface area contributed by atoms with Crippen LogP contribution in [0.15, 0.2) is 0 Å². The number of nitriles is 1. The first-order valence-electron chi connectivity index (χ1n) is 5.63. The fourth-order valence-corrected chi connectivity index (χ4v) is 2.60. The van der Waals surface area contributed by atoms with Crippen molar-refractivity contribution >= 4 is 10.8 Å². The lowest BCUT2D eigenvalue weighted by Crippen LogP contribution is -2.11. The summed E-state index contributed by atoms with van der Waals surface area (Å²) in [6.45, 7) is 8.17. The van der Waals surface area contributed by atoms with E-state index in [1.807, 2.05) is 13.8 Å². The maximum absolute atomic E-state index is 11.5. The molecule has 15 heavy (non-hydrogen) atoms. The topological polar surface area (TPSA) is 40.9 Å². The normalized spacial score (nSPS) is 13.9. The fraction of sp³-hybridized carbons (Fsp3) is 0.917. The minimum absolute atomic E-state index is 0.262. The van der Waals surface area contributed by atoms with E-state index in [4.69, 9.17) is 5.26 Å². The lowest BCUT2D eigenvalue weighted by Gasteiger charge is -2.14. The van der Waals surface area contributed by atoms with Crippen LogP contribution in [0.25, 0.3) is 0 Å². The largest absolute Gasteiger partial charge is 0.260 e. The van der Waals surface area contributed by atoms with E-state index in [1.165, 1.54) is 0 Å². The van der Waals surface area contributed by atoms with Gasteiger partial charge in [-0.2, -0.15) is 5.26 Å². The summed E-state index contributed by atoms with van der Waals surface area (Å²) in [4.78, 5) is 0. The molecule has 0 saturated carbocycles. The summed E-state index contributed by atoms with van der Waals surface area (Å²) < 4.78 is 11.5. The standard InChI is InChI=1S/C12H23NOS/c1-11(2)6-9-15(14)8-5-7-12(3,4)10-13/h11H,5-9H2,1-4H3. The first-order valence-corrected chi connectivity index (χ1v) is 7.12. The molecule has 0 saturated heterocycles. The van der Waals surface area contributed by atoms with E-state index in [1.54, 1.807) is 0 Å². The Bertz CT molecular complexity index is 240. The molecule has 1 atom stereocenters. The molecule has 0 aromatic rings. The Kier molecular flexibility index (Phi) is 6.84. The summed E-state index contributed by atoms with van der Waals surface area (Å²) in [6, 6.07) is 2.27. The van der Waals surface area contributed by atoms with E-state index in [2.05, 4.69) is 19.9 Å². The Hall–Kier alpha value is -0.360. The van der Waals surface area contributed by atoms with Crippen molar-refractivity contribution in [1.82, 2.24) is 0 Å². The monoisotopic (exact) mass is 229 g/mol. The molecule has 0 heterocycles. The van der Waals surface area contributed by atoms with E-state index in [9.17, 15) is 4.21 Å². The van der Waals surface area contributed by atoms with E-state index in [0.717, 1.165) is 30.8 Å². The molecule has 0 aliphatic heterocycles. The van der Waals surface area contributed by atoms with Gasteiger partial charge in [-0.15, -0.1) is 0 Å². The van der Waals surface area contributed by atoms with Crippen LogP contribution in [0.3, 0.4) is 0 Å². The van der Waals surface area contributed by atoms with Gasteiger partial charge in [-0.3, -0.25) is 4.21 Å². The van der Waals surface area contributed by atoms with E-state index < -0.39 is 10.8 Å². The fourth-order valence-electron chi connectivity index (χ4n) is 1.20. The minimum atomic E-state index is -0.687. The highest BCUT2D eigenvalue weighted by atomic mass is 32.2. The molecule has 0 N–H and O–H groups in total. The first kappa shape index (κ1) is 14.6. The van der Waals surface area contributed by atoms with Crippen LogP contribution in [0, 0.1) is 22.7 Å². The number of hydrogen-bond acceptors (Lipinski definition) is 2. The molecule has 0 spiro atoms. The average Bonchev–Trinajstić information content (AvgIpc) is 2.14. The predicted octanol–water partition coefficient (Wildman–Crippen LogP) is 3.11. The van der Waals surface area contributed by atoms with Gasteiger partial charge in [-0.25, -0.2) is 0 Å². The van der Waals surface area contributed by atoms with Gasteiger partial charge in [0.15, 0.2) is 0 Å². The third-order valence-electron chi connectivity index (χ3n) is 2.40. The lowest BCUT2D eigenvalue weighted by atomic mass is 9.90. The van der Waals surface area contributed by atoms with Crippen LogP contribution in [0.1, 0.15) is 47.0 Å². The Balaban J connectivity index is 3.61. The molecule has 1 unspecified atom stereocenters. The van der Waals surface area contributed by atoms with Gasteiger partial charge in [0.2, 0.25) is 0 Å². The number of nitrogens with zero attached hydrogens (tertiary/aromatic N) is 1. The number of rotatable bonds is 7. The molecule has 2 nitrogen and oxygen atoms in total. The van der Waals surface area contributed by atoms with Gasteiger partial charge < -0.3 is 0 Å². The zero-order valence-electron chi connectivity index (χ0n) is 10.4. The molecule has 0 fully saturated rings. The van der Waals surface area contributed by atoms with Crippen LogP contribution < -0.4 is 0 Å². The molecule has 0 amide bonds. The molecule has 0 aromatic carbocycles. The Labute approximate surface area is 96.5 Å². The van der Waals surface area contributed by atoms with Gasteiger partial charge in [0.05, 0.1) is 11.5 Å². The molecule has 0 radical (unpaired) electrons. The average molecular weight is 229 g/mol. The highest BCUT2D eigenvalue weighted by Crippen LogP contribution is 2.20. The molecular weight excluding hydrogens is 206 g/mol. The quantitative estimate of drug-likeness (QED) is 0.673. The maximum Gasteiger partial charge on any atom is 0.0683 e. The summed E-state index contributed by atoms with van der Waals surface area (Å²) in [5, 5.41) is 8.81. The van der Waals surface area contributed by atoms with Crippen molar-refractivity contribution in [1.29, 1.82) is 5.26 Å². The van der Waals surface area contributed by atoms with Crippen molar-refractivity contribution < 1.29 is 4.21 Å². The van der Waals surface area contributed by atoms with Crippen LogP contribution in [-0.4, -0.2) is 15.7 Å². The van der Waals surface area contributed by atoms with Crippen molar-refractivity contribution in [3.05, 3.63) is 0 Å². The molecule has 0 aliphatic carbocycles. The highest BCUT2D eigenvalue weighted by Gasteiger charge is 2.16. The number of hydrogen-bond donors (Lipinski definition) is 0. The van der Waals surface area contributed by atoms with Gasteiger partial charge in [0.25, 0.3) is 0 Å². The van der Waals surface area contributed by atoms with Gasteiger partial charge in [-0.1, -0.05) is 13.8 Å². The molecule has 88 valence electrons. The van der Waals surface area contributed by atoms with Crippen LogP contribution >= 0.6 is 0 Å². The molecule has 0 aromatic heterocycles. The molecule has 3 heteroatoms. The Morgan fingerprint density at radius 2 is 1.93 bits per heavy atom. The minimum Gasteiger partial charge on any atom is -0.260 e. The van der Waals surface area contributed by atoms with Gasteiger partial charge in [-0.05, 0) is 39.0 Å². The summed E-state index contributed by atoms with van der Waals surface area (Å²) in [5.74, 6) is 2.19. The third kappa shape index (κ3) is 8.62. The SMILES string of the molecule is CC(C)CCS(=O)CCCC(C)(C)C#N. The smallest absolute Gasteiger partial charge is 0.0683 e. The summed E-state index contributed by atoms with van der Waals surface area (Å²) >= 11 is 0. The van der Waals surface area contributed by atoms with Crippen molar-refractivity contribution in [3.8, 4) is 6.07 Å². The predicted molar refractivity (Wildman–Crippen MR) is 66.0 cm³/mol. The Morgan fingerprint density at radius 1 is 1.33 bits per heavy atom. The van der Waals surface area contributed by atoms with Crippen LogP contribution in [0.5, 0.6) is 0 Å². The maximum atomic E-state index is 11.5.